The lowest BCUT2D eigenvalue weighted by atomic mass is 10.3. The van der Waals surface area contributed by atoms with E-state index < -0.39 is 15.8 Å². The number of carbonyl (C=O) groups excluding carboxylic acids is 2. The van der Waals surface area contributed by atoms with E-state index in [0.29, 0.717) is 0 Å². The molecule has 138 valence electrons. The van der Waals surface area contributed by atoms with Gasteiger partial charge in [0.15, 0.2) is 0 Å². The van der Waals surface area contributed by atoms with Gasteiger partial charge >= 0.3 is 0 Å². The van der Waals surface area contributed by atoms with Gasteiger partial charge in [-0.2, -0.15) is 4.31 Å². The molecule has 1 heterocycles. The first-order chi connectivity index (χ1) is 11.9. The molecule has 1 aliphatic heterocycles. The van der Waals surface area contributed by atoms with E-state index in [9.17, 15) is 22.4 Å². The van der Waals surface area contributed by atoms with Crippen LogP contribution >= 0.6 is 0 Å². The normalized spacial score (nSPS) is 15.8. The molecule has 0 aliphatic carbocycles. The third kappa shape index (κ3) is 4.74. The minimum Gasteiger partial charge on any atom is -0.358 e. The Morgan fingerprint density at radius 1 is 1.12 bits per heavy atom. The number of nitrogens with one attached hydrogen (secondary N) is 2. The number of rotatable bonds is 6. The van der Waals surface area contributed by atoms with Crippen LogP contribution in [0.15, 0.2) is 29.2 Å². The highest BCUT2D eigenvalue weighted by molar-refractivity contribution is 7.89. The molecular formula is C15H21FN4O4S. The predicted molar refractivity (Wildman–Crippen MR) is 88.7 cm³/mol. The lowest BCUT2D eigenvalue weighted by Gasteiger charge is -2.34. The molecule has 1 aliphatic rings. The van der Waals surface area contributed by atoms with Crippen molar-refractivity contribution in [1.82, 2.24) is 19.8 Å². The molecule has 0 spiro atoms. The zero-order valence-electron chi connectivity index (χ0n) is 13.9. The summed E-state index contributed by atoms with van der Waals surface area (Å²) in [6.45, 7) is 0.648. The van der Waals surface area contributed by atoms with Gasteiger partial charge in [-0.1, -0.05) is 12.1 Å². The summed E-state index contributed by atoms with van der Waals surface area (Å²) in [4.78, 5) is 24.3. The SMILES string of the molecule is CNC(=O)CNCC(=O)N1CCN(S(=O)(=O)c2ccccc2F)CC1. The fourth-order valence-corrected chi connectivity index (χ4v) is 3.94. The van der Waals surface area contributed by atoms with Crippen LogP contribution in [-0.2, 0) is 19.6 Å². The van der Waals surface area contributed by atoms with Gasteiger partial charge in [-0.3, -0.25) is 14.9 Å². The summed E-state index contributed by atoms with van der Waals surface area (Å²) in [6.07, 6.45) is 0. The second-order valence-corrected chi connectivity index (χ2v) is 7.40. The van der Waals surface area contributed by atoms with Gasteiger partial charge in [0, 0.05) is 33.2 Å². The van der Waals surface area contributed by atoms with Crippen LogP contribution in [0.25, 0.3) is 0 Å². The maximum Gasteiger partial charge on any atom is 0.246 e. The second kappa shape index (κ2) is 8.37. The molecule has 2 rings (SSSR count). The van der Waals surface area contributed by atoms with E-state index in [2.05, 4.69) is 10.6 Å². The molecule has 0 aromatic heterocycles. The van der Waals surface area contributed by atoms with Gasteiger partial charge < -0.3 is 10.2 Å². The number of nitrogens with zero attached hydrogens (tertiary/aromatic N) is 2. The van der Waals surface area contributed by atoms with Crippen molar-refractivity contribution in [2.24, 2.45) is 0 Å². The summed E-state index contributed by atoms with van der Waals surface area (Å²) in [5.74, 6) is -1.24. The van der Waals surface area contributed by atoms with Crippen molar-refractivity contribution >= 4 is 21.8 Å². The fourth-order valence-electron chi connectivity index (χ4n) is 2.45. The van der Waals surface area contributed by atoms with E-state index in [1.165, 1.54) is 34.5 Å². The molecule has 0 unspecified atom stereocenters. The Balaban J connectivity index is 1.90. The molecule has 0 bridgehead atoms. The Hall–Kier alpha value is -2.04. The minimum absolute atomic E-state index is 0.00646. The van der Waals surface area contributed by atoms with E-state index >= 15 is 0 Å². The van der Waals surface area contributed by atoms with Crippen molar-refractivity contribution in [3.05, 3.63) is 30.1 Å². The van der Waals surface area contributed by atoms with Crippen molar-refractivity contribution in [3.8, 4) is 0 Å². The lowest BCUT2D eigenvalue weighted by molar-refractivity contribution is -0.131. The van der Waals surface area contributed by atoms with Gasteiger partial charge in [0.2, 0.25) is 21.8 Å². The Bertz CT molecular complexity index is 733. The zero-order chi connectivity index (χ0) is 18.4. The average molecular weight is 372 g/mol. The number of carbonyl (C=O) groups is 2. The largest absolute Gasteiger partial charge is 0.358 e. The number of benzene rings is 1. The van der Waals surface area contributed by atoms with Crippen molar-refractivity contribution in [2.75, 3.05) is 46.3 Å². The van der Waals surface area contributed by atoms with E-state index in [0.717, 1.165) is 6.07 Å². The lowest BCUT2D eigenvalue weighted by Crippen LogP contribution is -2.52. The third-order valence-corrected chi connectivity index (χ3v) is 5.82. The topological polar surface area (TPSA) is 98.8 Å². The van der Waals surface area contributed by atoms with E-state index in [1.54, 1.807) is 0 Å². The zero-order valence-corrected chi connectivity index (χ0v) is 14.7. The average Bonchev–Trinajstić information content (AvgIpc) is 2.61. The molecule has 1 saturated heterocycles. The van der Waals surface area contributed by atoms with Crippen molar-refractivity contribution in [3.63, 3.8) is 0 Å². The van der Waals surface area contributed by atoms with Crippen LogP contribution in [-0.4, -0.2) is 75.8 Å². The van der Waals surface area contributed by atoms with Crippen LogP contribution in [0.4, 0.5) is 4.39 Å². The Labute approximate surface area is 146 Å². The van der Waals surface area contributed by atoms with E-state index in [1.807, 2.05) is 0 Å². The van der Waals surface area contributed by atoms with Crippen molar-refractivity contribution in [2.45, 2.75) is 4.90 Å². The number of amides is 2. The maximum absolute atomic E-state index is 13.8. The predicted octanol–water partition coefficient (Wildman–Crippen LogP) is -1.01. The highest BCUT2D eigenvalue weighted by Gasteiger charge is 2.31. The molecule has 10 heteroatoms. The first-order valence-electron chi connectivity index (χ1n) is 7.80. The summed E-state index contributed by atoms with van der Waals surface area (Å²) in [7, 11) is -2.42. The summed E-state index contributed by atoms with van der Waals surface area (Å²) in [5, 5.41) is 5.15. The third-order valence-electron chi connectivity index (χ3n) is 3.89. The Morgan fingerprint density at radius 2 is 1.76 bits per heavy atom. The highest BCUT2D eigenvalue weighted by Crippen LogP contribution is 2.20. The molecular weight excluding hydrogens is 351 g/mol. The van der Waals surface area contributed by atoms with Crippen molar-refractivity contribution in [1.29, 1.82) is 0 Å². The quantitative estimate of drug-likeness (QED) is 0.667. The monoisotopic (exact) mass is 372 g/mol. The molecule has 1 aromatic carbocycles. The van der Waals surface area contributed by atoms with E-state index in [4.69, 9.17) is 0 Å². The summed E-state index contributed by atoms with van der Waals surface area (Å²) < 4.78 is 39.9. The highest BCUT2D eigenvalue weighted by atomic mass is 32.2. The van der Waals surface area contributed by atoms with Crippen LogP contribution in [0, 0.1) is 5.82 Å². The Morgan fingerprint density at radius 3 is 2.36 bits per heavy atom. The summed E-state index contributed by atoms with van der Waals surface area (Å²) in [6, 6.07) is 5.22. The molecule has 2 amide bonds. The maximum atomic E-state index is 13.8. The molecule has 1 fully saturated rings. The van der Waals surface area contributed by atoms with Crippen LogP contribution < -0.4 is 10.6 Å². The Kier molecular flexibility index (Phi) is 6.45. The molecule has 0 radical (unpaired) electrons. The minimum atomic E-state index is -3.92. The number of likely N-dealkylation sites (N-methyl/N-ethyl adjacent to an activating group) is 1. The molecule has 2 N–H and O–H groups in total. The van der Waals surface area contributed by atoms with Gasteiger partial charge in [0.05, 0.1) is 13.1 Å². The van der Waals surface area contributed by atoms with Gasteiger partial charge in [-0.15, -0.1) is 0 Å². The van der Waals surface area contributed by atoms with Gasteiger partial charge in [0.1, 0.15) is 10.7 Å². The van der Waals surface area contributed by atoms with Crippen molar-refractivity contribution < 1.29 is 22.4 Å². The van der Waals surface area contributed by atoms with E-state index in [-0.39, 0.29) is 56.0 Å². The number of sulfonamides is 1. The van der Waals surface area contributed by atoms with Crippen LogP contribution in [0.1, 0.15) is 0 Å². The van der Waals surface area contributed by atoms with Gasteiger partial charge in [-0.25, -0.2) is 12.8 Å². The molecule has 1 aromatic rings. The number of hydrogen-bond donors (Lipinski definition) is 2. The van der Waals surface area contributed by atoms with Crippen LogP contribution in [0.5, 0.6) is 0 Å². The second-order valence-electron chi connectivity index (χ2n) is 5.49. The van der Waals surface area contributed by atoms with Gasteiger partial charge in [-0.05, 0) is 12.1 Å². The standard InChI is InChI=1S/C15H21FN4O4S/c1-17-14(21)10-18-11-15(22)19-6-8-20(9-7-19)25(23,24)13-5-3-2-4-12(13)16/h2-5,18H,6-11H2,1H3,(H,17,21). The first-order valence-corrected chi connectivity index (χ1v) is 9.24. The summed E-state index contributed by atoms with van der Waals surface area (Å²) in [5.41, 5.74) is 0. The molecule has 0 atom stereocenters. The molecule has 25 heavy (non-hydrogen) atoms. The number of halogens is 1. The van der Waals surface area contributed by atoms with Crippen LogP contribution in [0.3, 0.4) is 0 Å². The smallest absolute Gasteiger partial charge is 0.246 e. The molecule has 8 nitrogen and oxygen atoms in total. The fraction of sp³-hybridized carbons (Fsp3) is 0.467. The summed E-state index contributed by atoms with van der Waals surface area (Å²) >= 11 is 0. The number of hydrogen-bond acceptors (Lipinski definition) is 5. The first kappa shape index (κ1) is 19.3. The van der Waals surface area contributed by atoms with Crippen LogP contribution in [0.2, 0.25) is 0 Å². The number of piperazine rings is 1. The van der Waals surface area contributed by atoms with Gasteiger partial charge in [0.25, 0.3) is 0 Å². The molecule has 0 saturated carbocycles.